The number of hydrogen-bond donors (Lipinski definition) is 0. The number of allylic oxidation sites excluding steroid dienone is 4. The third-order valence-electron chi connectivity index (χ3n) is 7.06. The molecule has 1 saturated heterocycles. The Kier molecular flexibility index (Phi) is 11.6. The largest absolute Gasteiger partial charge is 0.442 e. The van der Waals surface area contributed by atoms with Gasteiger partial charge in [0.2, 0.25) is 0 Å². The first-order valence-electron chi connectivity index (χ1n) is 13.2. The molecule has 0 spiro atoms. The van der Waals surface area contributed by atoms with Crippen LogP contribution in [-0.4, -0.2) is 48.7 Å². The van der Waals surface area contributed by atoms with Crippen molar-refractivity contribution in [3.63, 3.8) is 0 Å². The smallest absolute Gasteiger partial charge is 0.409 e. The number of amides is 1. The fourth-order valence-electron chi connectivity index (χ4n) is 4.80. The van der Waals surface area contributed by atoms with Crippen LogP contribution in [0.1, 0.15) is 91.9 Å². The molecule has 1 heterocycles. The summed E-state index contributed by atoms with van der Waals surface area (Å²) in [5.74, 6) is 1.52. The average Bonchev–Trinajstić information content (AvgIpc) is 2.78. The van der Waals surface area contributed by atoms with Gasteiger partial charge in [-0.05, 0) is 96.6 Å². The van der Waals surface area contributed by atoms with Gasteiger partial charge in [-0.3, -0.25) is 4.79 Å². The second-order valence-corrected chi connectivity index (χ2v) is 11.1. The number of carbonyl (C=O) groups is 2. The standard InChI is InChI=1S/C29H47NO4/c1-22(10-20-27-8-7-21-29(3,4)34-27)9-12-24-13-15-25(16-14-24)17-19-26(31)18-11-23(2)33-28(32)30(5)6/h9-11,18,20,23-25,27H,7-8,12-17,19,21H2,1-6H3. The molecule has 0 aromatic rings. The van der Waals surface area contributed by atoms with Gasteiger partial charge in [0.05, 0.1) is 11.7 Å². The van der Waals surface area contributed by atoms with E-state index in [4.69, 9.17) is 9.47 Å². The molecule has 1 aliphatic carbocycles. The molecule has 0 radical (unpaired) electrons. The second kappa shape index (κ2) is 13.9. The zero-order valence-electron chi connectivity index (χ0n) is 22.3. The number of rotatable bonds is 10. The molecule has 0 aromatic heterocycles. The fraction of sp³-hybridized carbons (Fsp3) is 0.724. The molecule has 1 saturated carbocycles. The molecule has 1 amide bonds. The maximum Gasteiger partial charge on any atom is 0.409 e. The summed E-state index contributed by atoms with van der Waals surface area (Å²) in [7, 11) is 3.28. The molecule has 5 nitrogen and oxygen atoms in total. The van der Waals surface area contributed by atoms with Crippen LogP contribution in [0.4, 0.5) is 4.79 Å². The Labute approximate surface area is 207 Å². The van der Waals surface area contributed by atoms with Gasteiger partial charge >= 0.3 is 6.09 Å². The van der Waals surface area contributed by atoms with Gasteiger partial charge in [-0.25, -0.2) is 4.79 Å². The average molecular weight is 474 g/mol. The maximum absolute atomic E-state index is 12.2. The van der Waals surface area contributed by atoms with Crippen molar-refractivity contribution in [3.05, 3.63) is 36.0 Å². The van der Waals surface area contributed by atoms with Crippen molar-refractivity contribution in [1.29, 1.82) is 0 Å². The van der Waals surface area contributed by atoms with E-state index < -0.39 is 12.2 Å². The lowest BCUT2D eigenvalue weighted by atomic mass is 9.78. The van der Waals surface area contributed by atoms with E-state index >= 15 is 0 Å². The number of nitrogens with zero attached hydrogens (tertiary/aromatic N) is 1. The number of ether oxygens (including phenoxy) is 2. The quantitative estimate of drug-likeness (QED) is 0.252. The third-order valence-corrected chi connectivity index (χ3v) is 7.06. The first-order chi connectivity index (χ1) is 16.0. The van der Waals surface area contributed by atoms with Crippen molar-refractivity contribution in [1.82, 2.24) is 4.90 Å². The first-order valence-corrected chi connectivity index (χ1v) is 13.2. The van der Waals surface area contributed by atoms with Crippen molar-refractivity contribution in [2.45, 2.75) is 110 Å². The summed E-state index contributed by atoms with van der Waals surface area (Å²) in [5, 5.41) is 0. The Bertz CT molecular complexity index is 741. The van der Waals surface area contributed by atoms with Crippen LogP contribution in [0.2, 0.25) is 0 Å². The van der Waals surface area contributed by atoms with Crippen molar-refractivity contribution in [3.8, 4) is 0 Å². The van der Waals surface area contributed by atoms with Gasteiger partial charge in [-0.2, -0.15) is 0 Å². The molecular formula is C29H47NO4. The van der Waals surface area contributed by atoms with Crippen LogP contribution < -0.4 is 0 Å². The summed E-state index contributed by atoms with van der Waals surface area (Å²) in [5.41, 5.74) is 1.33. The predicted molar refractivity (Wildman–Crippen MR) is 139 cm³/mol. The highest BCUT2D eigenvalue weighted by molar-refractivity contribution is 5.89. The number of hydrogen-bond acceptors (Lipinski definition) is 4. The van der Waals surface area contributed by atoms with E-state index in [-0.39, 0.29) is 17.5 Å². The van der Waals surface area contributed by atoms with Gasteiger partial charge in [0, 0.05) is 20.5 Å². The molecule has 2 aliphatic rings. The molecule has 5 heteroatoms. The summed E-state index contributed by atoms with van der Waals surface area (Å²) in [6.07, 6.45) is 20.7. The molecule has 1 aliphatic heterocycles. The van der Waals surface area contributed by atoms with Crippen LogP contribution in [0.15, 0.2) is 36.0 Å². The lowest BCUT2D eigenvalue weighted by Gasteiger charge is -2.34. The lowest BCUT2D eigenvalue weighted by molar-refractivity contribution is -0.115. The molecular weight excluding hydrogens is 426 g/mol. The molecule has 0 aromatic carbocycles. The number of ketones is 1. The Hall–Kier alpha value is -1.88. The zero-order valence-corrected chi connectivity index (χ0v) is 22.3. The van der Waals surface area contributed by atoms with Crippen molar-refractivity contribution >= 4 is 11.9 Å². The molecule has 0 N–H and O–H groups in total. The minimum absolute atomic E-state index is 0.00359. The third kappa shape index (κ3) is 11.0. The van der Waals surface area contributed by atoms with Gasteiger partial charge in [-0.15, -0.1) is 0 Å². The second-order valence-electron chi connectivity index (χ2n) is 11.1. The van der Waals surface area contributed by atoms with Crippen LogP contribution in [0.3, 0.4) is 0 Å². The highest BCUT2D eigenvalue weighted by Crippen LogP contribution is 2.34. The fourth-order valence-corrected chi connectivity index (χ4v) is 4.80. The van der Waals surface area contributed by atoms with Gasteiger partial charge in [0.1, 0.15) is 6.10 Å². The van der Waals surface area contributed by atoms with E-state index in [0.29, 0.717) is 12.3 Å². The summed E-state index contributed by atoms with van der Waals surface area (Å²) in [6.45, 7) is 8.33. The lowest BCUT2D eigenvalue weighted by Crippen LogP contribution is -2.34. The highest BCUT2D eigenvalue weighted by Gasteiger charge is 2.27. The van der Waals surface area contributed by atoms with Crippen molar-refractivity contribution < 1.29 is 19.1 Å². The van der Waals surface area contributed by atoms with Gasteiger partial charge in [0.25, 0.3) is 0 Å². The Morgan fingerprint density at radius 3 is 2.41 bits per heavy atom. The first kappa shape index (κ1) is 28.4. The summed E-state index contributed by atoms with van der Waals surface area (Å²) >= 11 is 0. The van der Waals surface area contributed by atoms with E-state index in [1.54, 1.807) is 33.2 Å². The van der Waals surface area contributed by atoms with E-state index in [2.05, 4.69) is 39.0 Å². The molecule has 2 atom stereocenters. The molecule has 0 bridgehead atoms. The molecule has 2 fully saturated rings. The van der Waals surface area contributed by atoms with E-state index in [1.165, 1.54) is 42.6 Å². The molecule has 192 valence electrons. The van der Waals surface area contributed by atoms with Crippen molar-refractivity contribution in [2.24, 2.45) is 11.8 Å². The maximum atomic E-state index is 12.2. The Morgan fingerprint density at radius 1 is 1.09 bits per heavy atom. The van der Waals surface area contributed by atoms with Crippen LogP contribution in [-0.2, 0) is 14.3 Å². The summed E-state index contributed by atoms with van der Waals surface area (Å²) in [4.78, 5) is 25.1. The topological polar surface area (TPSA) is 55.8 Å². The predicted octanol–water partition coefficient (Wildman–Crippen LogP) is 7.03. The van der Waals surface area contributed by atoms with Crippen LogP contribution in [0.5, 0.6) is 0 Å². The van der Waals surface area contributed by atoms with E-state index in [0.717, 1.165) is 31.6 Å². The van der Waals surface area contributed by atoms with Gasteiger partial charge < -0.3 is 14.4 Å². The van der Waals surface area contributed by atoms with E-state index in [1.807, 2.05) is 0 Å². The SMILES string of the molecule is CC(C=CC1CCCC(C)(C)O1)=CCC1CCC(CCC(=O)C=CC(C)OC(=O)N(C)C)CC1. The van der Waals surface area contributed by atoms with Crippen LogP contribution >= 0.6 is 0 Å². The molecule has 2 unspecified atom stereocenters. The number of carbonyl (C=O) groups excluding carboxylic acids is 2. The highest BCUT2D eigenvalue weighted by atomic mass is 16.6. The molecule has 2 rings (SSSR count). The van der Waals surface area contributed by atoms with Gasteiger partial charge in [0.15, 0.2) is 5.78 Å². The molecule has 34 heavy (non-hydrogen) atoms. The van der Waals surface area contributed by atoms with Crippen LogP contribution in [0.25, 0.3) is 0 Å². The van der Waals surface area contributed by atoms with Crippen LogP contribution in [0, 0.1) is 11.8 Å². The summed E-state index contributed by atoms with van der Waals surface area (Å²) in [6, 6.07) is 0. The zero-order chi connectivity index (χ0) is 25.1. The normalized spacial score (nSPS) is 26.5. The minimum Gasteiger partial charge on any atom is -0.442 e. The summed E-state index contributed by atoms with van der Waals surface area (Å²) < 4.78 is 11.4. The Morgan fingerprint density at radius 2 is 1.76 bits per heavy atom. The monoisotopic (exact) mass is 473 g/mol. The minimum atomic E-state index is -0.400. The van der Waals surface area contributed by atoms with E-state index in [9.17, 15) is 9.59 Å². The Balaban J connectivity index is 1.63. The van der Waals surface area contributed by atoms with Gasteiger partial charge in [-0.1, -0.05) is 36.6 Å². The van der Waals surface area contributed by atoms with Crippen molar-refractivity contribution in [2.75, 3.05) is 14.1 Å².